The van der Waals surface area contributed by atoms with Crippen LogP contribution in [-0.4, -0.2) is 21.9 Å². The van der Waals surface area contributed by atoms with Gasteiger partial charge in [-0.2, -0.15) is 10.2 Å². The summed E-state index contributed by atoms with van der Waals surface area (Å²) >= 11 is 3.42. The molecule has 0 aliphatic rings. The lowest BCUT2D eigenvalue weighted by Crippen LogP contribution is -2.30. The van der Waals surface area contributed by atoms with Crippen molar-refractivity contribution in [2.75, 3.05) is 0 Å². The average molecular weight is 413 g/mol. The number of rotatable bonds is 4. The first-order valence-electron chi connectivity index (χ1n) is 8.08. The van der Waals surface area contributed by atoms with Gasteiger partial charge in [-0.25, -0.2) is 10.1 Å². The van der Waals surface area contributed by atoms with Gasteiger partial charge in [0, 0.05) is 15.4 Å². The molecule has 0 spiro atoms. The number of halogens is 1. The van der Waals surface area contributed by atoms with Gasteiger partial charge in [0.25, 0.3) is 11.5 Å². The zero-order valence-corrected chi connectivity index (χ0v) is 15.9. The Balaban J connectivity index is 1.97. The summed E-state index contributed by atoms with van der Waals surface area (Å²) in [4.78, 5) is 25.1. The quantitative estimate of drug-likeness (QED) is 0.526. The summed E-state index contributed by atoms with van der Waals surface area (Å²) < 4.78 is 2.18. The van der Waals surface area contributed by atoms with Crippen molar-refractivity contribution in [2.24, 2.45) is 5.10 Å². The third kappa shape index (κ3) is 3.57. The first-order valence-corrected chi connectivity index (χ1v) is 8.88. The number of carbonyl (C=O) groups is 1. The third-order valence-corrected chi connectivity index (χ3v) is 4.53. The van der Waals surface area contributed by atoms with Crippen LogP contribution in [0.1, 0.15) is 35.9 Å². The number of fused-ring (bicyclic) bond motifs is 1. The van der Waals surface area contributed by atoms with Crippen LogP contribution in [-0.2, 0) is 0 Å². The second kappa shape index (κ2) is 7.61. The minimum Gasteiger partial charge on any atom is -0.267 e. The lowest BCUT2D eigenvalue weighted by atomic mass is 10.1. The van der Waals surface area contributed by atoms with Crippen molar-refractivity contribution in [3.05, 3.63) is 74.6 Å². The average Bonchev–Trinajstić information content (AvgIpc) is 2.63. The summed E-state index contributed by atoms with van der Waals surface area (Å²) in [5, 5.41) is 9.21. The van der Waals surface area contributed by atoms with Crippen molar-refractivity contribution in [3.8, 4) is 0 Å². The largest absolute Gasteiger partial charge is 0.292 e. The molecule has 0 saturated carbocycles. The molecule has 0 unspecified atom stereocenters. The van der Waals surface area contributed by atoms with E-state index in [9.17, 15) is 9.59 Å². The van der Waals surface area contributed by atoms with Crippen molar-refractivity contribution in [3.63, 3.8) is 0 Å². The standard InChI is InChI=1S/C19H17BrN4O2/c1-12(2)24-19(26)15-9-5-4-8-14(15)17(23-24)18(25)22-21-11-13-7-3-6-10-16(13)20/h3-12H,1-2H3,(H,22,25)/b21-11-. The van der Waals surface area contributed by atoms with Gasteiger partial charge in [0.1, 0.15) is 0 Å². The van der Waals surface area contributed by atoms with E-state index in [0.29, 0.717) is 10.8 Å². The maximum atomic E-state index is 12.6. The van der Waals surface area contributed by atoms with Gasteiger partial charge in [-0.05, 0) is 26.0 Å². The van der Waals surface area contributed by atoms with Crippen LogP contribution in [0.15, 0.2) is 62.9 Å². The summed E-state index contributed by atoms with van der Waals surface area (Å²) in [5.74, 6) is -0.473. The number of nitrogens with zero attached hydrogens (tertiary/aromatic N) is 3. The zero-order valence-electron chi connectivity index (χ0n) is 14.3. The summed E-state index contributed by atoms with van der Waals surface area (Å²) in [6.45, 7) is 3.69. The van der Waals surface area contributed by atoms with Gasteiger partial charge in [-0.3, -0.25) is 9.59 Å². The molecule has 0 bridgehead atoms. The highest BCUT2D eigenvalue weighted by atomic mass is 79.9. The van der Waals surface area contributed by atoms with Crippen LogP contribution in [0.2, 0.25) is 0 Å². The third-order valence-electron chi connectivity index (χ3n) is 3.81. The van der Waals surface area contributed by atoms with Crippen LogP contribution in [0.25, 0.3) is 10.8 Å². The highest BCUT2D eigenvalue weighted by Gasteiger charge is 2.17. The van der Waals surface area contributed by atoms with Crippen molar-refractivity contribution in [2.45, 2.75) is 19.9 Å². The smallest absolute Gasteiger partial charge is 0.267 e. The van der Waals surface area contributed by atoms with Gasteiger partial charge in [0.15, 0.2) is 5.69 Å². The van der Waals surface area contributed by atoms with Crippen molar-refractivity contribution in [1.29, 1.82) is 0 Å². The van der Waals surface area contributed by atoms with Gasteiger partial charge < -0.3 is 0 Å². The molecular weight excluding hydrogens is 396 g/mol. The lowest BCUT2D eigenvalue weighted by molar-refractivity contribution is 0.0949. The molecule has 0 atom stereocenters. The van der Waals surface area contributed by atoms with Gasteiger partial charge >= 0.3 is 0 Å². The number of nitrogens with one attached hydrogen (secondary N) is 1. The van der Waals surface area contributed by atoms with E-state index in [0.717, 1.165) is 10.0 Å². The molecule has 0 radical (unpaired) electrons. The first-order chi connectivity index (χ1) is 12.5. The van der Waals surface area contributed by atoms with Crippen molar-refractivity contribution < 1.29 is 4.79 Å². The fourth-order valence-electron chi connectivity index (χ4n) is 2.52. The molecule has 0 saturated heterocycles. The van der Waals surface area contributed by atoms with E-state index in [4.69, 9.17) is 0 Å². The summed E-state index contributed by atoms with van der Waals surface area (Å²) in [6, 6.07) is 14.3. The monoisotopic (exact) mass is 412 g/mol. The molecular formula is C19H17BrN4O2. The van der Waals surface area contributed by atoms with E-state index in [2.05, 4.69) is 31.6 Å². The Morgan fingerprint density at radius 3 is 2.50 bits per heavy atom. The first kappa shape index (κ1) is 18.0. The number of hydrogen-bond donors (Lipinski definition) is 1. The van der Waals surface area contributed by atoms with E-state index < -0.39 is 5.91 Å². The minimum absolute atomic E-state index is 0.164. The summed E-state index contributed by atoms with van der Waals surface area (Å²) in [7, 11) is 0. The predicted molar refractivity (Wildman–Crippen MR) is 106 cm³/mol. The Morgan fingerprint density at radius 1 is 1.15 bits per heavy atom. The molecule has 3 rings (SSSR count). The molecule has 132 valence electrons. The second-order valence-corrected chi connectivity index (χ2v) is 6.81. The summed E-state index contributed by atoms with van der Waals surface area (Å²) in [6.07, 6.45) is 1.54. The number of carbonyl (C=O) groups excluding carboxylic acids is 1. The number of aromatic nitrogens is 2. The van der Waals surface area contributed by atoms with Crippen LogP contribution in [0, 0.1) is 0 Å². The molecule has 3 aromatic rings. The van der Waals surface area contributed by atoms with Crippen LogP contribution in [0.5, 0.6) is 0 Å². The Morgan fingerprint density at radius 2 is 1.81 bits per heavy atom. The Kier molecular flexibility index (Phi) is 5.27. The van der Waals surface area contributed by atoms with Crippen LogP contribution >= 0.6 is 15.9 Å². The van der Waals surface area contributed by atoms with Gasteiger partial charge in [0.2, 0.25) is 0 Å². The molecule has 0 aliphatic carbocycles. The predicted octanol–water partition coefficient (Wildman–Crippen LogP) is 3.50. The van der Waals surface area contributed by atoms with Crippen molar-refractivity contribution in [1.82, 2.24) is 15.2 Å². The number of hydrogen-bond acceptors (Lipinski definition) is 4. The van der Waals surface area contributed by atoms with Crippen LogP contribution in [0.3, 0.4) is 0 Å². The molecule has 2 aromatic carbocycles. The molecule has 1 amide bonds. The molecule has 0 aliphatic heterocycles. The molecule has 1 N–H and O–H groups in total. The Hall–Kier alpha value is -2.80. The highest BCUT2D eigenvalue weighted by molar-refractivity contribution is 9.10. The molecule has 1 heterocycles. The Labute approximate surface area is 158 Å². The van der Waals surface area contributed by atoms with Crippen LogP contribution in [0.4, 0.5) is 0 Å². The maximum absolute atomic E-state index is 12.6. The van der Waals surface area contributed by atoms with Gasteiger partial charge in [-0.15, -0.1) is 0 Å². The molecule has 26 heavy (non-hydrogen) atoms. The van der Waals surface area contributed by atoms with E-state index in [1.54, 1.807) is 30.5 Å². The van der Waals surface area contributed by atoms with Gasteiger partial charge in [0.05, 0.1) is 17.6 Å². The van der Waals surface area contributed by atoms with Crippen molar-refractivity contribution >= 4 is 38.8 Å². The summed E-state index contributed by atoms with van der Waals surface area (Å²) in [5.41, 5.74) is 3.26. The molecule has 6 nitrogen and oxygen atoms in total. The minimum atomic E-state index is -0.473. The number of amides is 1. The maximum Gasteiger partial charge on any atom is 0.292 e. The molecule has 1 aromatic heterocycles. The topological polar surface area (TPSA) is 76.3 Å². The Bertz CT molecular complexity index is 1060. The van der Waals surface area contributed by atoms with E-state index in [1.807, 2.05) is 38.1 Å². The molecule has 0 fully saturated rings. The lowest BCUT2D eigenvalue weighted by Gasteiger charge is -2.12. The zero-order chi connectivity index (χ0) is 18.7. The number of benzene rings is 2. The highest BCUT2D eigenvalue weighted by Crippen LogP contribution is 2.15. The van der Waals surface area contributed by atoms with Crippen LogP contribution < -0.4 is 11.0 Å². The fourth-order valence-corrected chi connectivity index (χ4v) is 2.90. The molecule has 7 heteroatoms. The van der Waals surface area contributed by atoms with Gasteiger partial charge in [-0.1, -0.05) is 52.3 Å². The SMILES string of the molecule is CC(C)n1nc(C(=O)N/N=C\c2ccccc2Br)c2ccccc2c1=O. The second-order valence-electron chi connectivity index (χ2n) is 5.96. The fraction of sp³-hybridized carbons (Fsp3) is 0.158. The number of hydrazone groups is 1. The van der Waals surface area contributed by atoms with E-state index >= 15 is 0 Å². The van der Waals surface area contributed by atoms with E-state index in [1.165, 1.54) is 4.68 Å². The normalized spacial score (nSPS) is 11.4. The van der Waals surface area contributed by atoms with E-state index in [-0.39, 0.29) is 17.3 Å².